The fourth-order valence-corrected chi connectivity index (χ4v) is 2.74. The highest BCUT2D eigenvalue weighted by molar-refractivity contribution is 5.86. The SMILES string of the molecule is O=Cc1cc2ccc(NC3[C@@H](O)OC(CO)[C@H](O)[C@H]3O)cc2oc1=O. The van der Waals surface area contributed by atoms with Crippen molar-refractivity contribution in [2.24, 2.45) is 0 Å². The summed E-state index contributed by atoms with van der Waals surface area (Å²) in [5.41, 5.74) is -0.286. The molecule has 0 aliphatic carbocycles. The van der Waals surface area contributed by atoms with Gasteiger partial charge in [-0.05, 0) is 18.2 Å². The second-order valence-corrected chi connectivity index (χ2v) is 5.76. The van der Waals surface area contributed by atoms with Crippen LogP contribution in [0.1, 0.15) is 10.4 Å². The third-order valence-electron chi connectivity index (χ3n) is 4.12. The molecular weight excluding hydrogens is 334 g/mol. The van der Waals surface area contributed by atoms with E-state index < -0.39 is 42.9 Å². The minimum Gasteiger partial charge on any atom is -0.422 e. The maximum atomic E-state index is 11.6. The van der Waals surface area contributed by atoms with E-state index in [9.17, 15) is 24.9 Å². The number of rotatable bonds is 4. The fraction of sp³-hybridized carbons (Fsp3) is 0.375. The van der Waals surface area contributed by atoms with Gasteiger partial charge in [0.15, 0.2) is 12.6 Å². The van der Waals surface area contributed by atoms with Crippen molar-refractivity contribution in [1.29, 1.82) is 0 Å². The van der Waals surface area contributed by atoms with E-state index in [0.29, 0.717) is 17.4 Å². The molecule has 2 unspecified atom stereocenters. The third-order valence-corrected chi connectivity index (χ3v) is 4.12. The third kappa shape index (κ3) is 3.28. The number of anilines is 1. The van der Waals surface area contributed by atoms with Gasteiger partial charge in [0.2, 0.25) is 0 Å². The Morgan fingerprint density at radius 1 is 1.16 bits per heavy atom. The molecule has 1 saturated heterocycles. The van der Waals surface area contributed by atoms with E-state index in [-0.39, 0.29) is 11.1 Å². The number of hydrogen-bond acceptors (Lipinski definition) is 9. The van der Waals surface area contributed by atoms with Crippen LogP contribution in [0.15, 0.2) is 33.5 Å². The molecule has 0 bridgehead atoms. The van der Waals surface area contributed by atoms with Gasteiger partial charge in [-0.25, -0.2) is 4.79 Å². The zero-order valence-electron chi connectivity index (χ0n) is 12.9. The lowest BCUT2D eigenvalue weighted by Gasteiger charge is -2.40. The van der Waals surface area contributed by atoms with Crippen molar-refractivity contribution in [3.05, 3.63) is 40.2 Å². The summed E-state index contributed by atoms with van der Waals surface area (Å²) in [5, 5.41) is 42.4. The number of carbonyl (C=O) groups excluding carboxylic acids is 1. The minimum absolute atomic E-state index is 0.0992. The molecule has 1 aromatic heterocycles. The molecule has 1 aromatic carbocycles. The number of aliphatic hydroxyl groups excluding tert-OH is 4. The molecule has 2 heterocycles. The molecule has 2 aromatic rings. The number of ether oxygens (including phenoxy) is 1. The van der Waals surface area contributed by atoms with Crippen molar-refractivity contribution < 1.29 is 34.4 Å². The Kier molecular flexibility index (Phi) is 4.84. The maximum Gasteiger partial charge on any atom is 0.346 e. The molecule has 9 nitrogen and oxygen atoms in total. The molecule has 1 aliphatic heterocycles. The molecule has 0 radical (unpaired) electrons. The number of carbonyl (C=O) groups is 1. The summed E-state index contributed by atoms with van der Waals surface area (Å²) in [4.78, 5) is 22.4. The number of benzene rings is 1. The van der Waals surface area contributed by atoms with Crippen LogP contribution in [0.4, 0.5) is 5.69 Å². The summed E-state index contributed by atoms with van der Waals surface area (Å²) in [5.74, 6) is 0. The van der Waals surface area contributed by atoms with Gasteiger partial charge in [0.05, 0.1) is 6.61 Å². The van der Waals surface area contributed by atoms with Gasteiger partial charge in [0.25, 0.3) is 0 Å². The maximum absolute atomic E-state index is 11.6. The molecule has 1 fully saturated rings. The van der Waals surface area contributed by atoms with Crippen LogP contribution in [0.3, 0.4) is 0 Å². The average Bonchev–Trinajstić information content (AvgIpc) is 2.61. The minimum atomic E-state index is -1.48. The van der Waals surface area contributed by atoms with Crippen LogP contribution in [-0.2, 0) is 4.74 Å². The lowest BCUT2D eigenvalue weighted by atomic mass is 9.97. The Bertz CT molecular complexity index is 834. The summed E-state index contributed by atoms with van der Waals surface area (Å²) >= 11 is 0. The highest BCUT2D eigenvalue weighted by atomic mass is 16.6. The Morgan fingerprint density at radius 3 is 2.60 bits per heavy atom. The first-order valence-corrected chi connectivity index (χ1v) is 7.54. The first-order chi connectivity index (χ1) is 11.9. The zero-order valence-corrected chi connectivity index (χ0v) is 12.9. The zero-order chi connectivity index (χ0) is 18.1. The molecule has 134 valence electrons. The summed E-state index contributed by atoms with van der Waals surface area (Å²) in [6.07, 6.45) is -4.96. The van der Waals surface area contributed by atoms with Crippen molar-refractivity contribution in [3.8, 4) is 0 Å². The van der Waals surface area contributed by atoms with E-state index in [0.717, 1.165) is 0 Å². The number of nitrogens with one attached hydrogen (secondary N) is 1. The van der Waals surface area contributed by atoms with Gasteiger partial charge in [-0.1, -0.05) is 0 Å². The highest BCUT2D eigenvalue weighted by Gasteiger charge is 2.43. The summed E-state index contributed by atoms with van der Waals surface area (Å²) in [6, 6.07) is 4.94. The van der Waals surface area contributed by atoms with Crippen molar-refractivity contribution >= 4 is 22.9 Å². The Balaban J connectivity index is 1.87. The van der Waals surface area contributed by atoms with Crippen LogP contribution >= 0.6 is 0 Å². The van der Waals surface area contributed by atoms with Gasteiger partial charge in [-0.2, -0.15) is 0 Å². The van der Waals surface area contributed by atoms with Crippen LogP contribution in [0.5, 0.6) is 0 Å². The second kappa shape index (κ2) is 6.90. The lowest BCUT2D eigenvalue weighted by molar-refractivity contribution is -0.245. The van der Waals surface area contributed by atoms with E-state index in [1.807, 2.05) is 0 Å². The van der Waals surface area contributed by atoms with E-state index in [4.69, 9.17) is 14.3 Å². The van der Waals surface area contributed by atoms with Crippen molar-refractivity contribution in [2.45, 2.75) is 30.6 Å². The lowest BCUT2D eigenvalue weighted by Crippen LogP contribution is -2.61. The summed E-state index contributed by atoms with van der Waals surface area (Å²) in [7, 11) is 0. The molecule has 5 N–H and O–H groups in total. The first-order valence-electron chi connectivity index (χ1n) is 7.54. The van der Waals surface area contributed by atoms with Gasteiger partial charge in [-0.15, -0.1) is 0 Å². The van der Waals surface area contributed by atoms with Crippen LogP contribution < -0.4 is 10.9 Å². The molecule has 5 atom stereocenters. The number of aldehydes is 1. The van der Waals surface area contributed by atoms with Gasteiger partial charge in [0.1, 0.15) is 35.5 Å². The van der Waals surface area contributed by atoms with Crippen LogP contribution in [0, 0.1) is 0 Å². The summed E-state index contributed by atoms with van der Waals surface area (Å²) in [6.45, 7) is -0.553. The van der Waals surface area contributed by atoms with Gasteiger partial charge in [-0.3, -0.25) is 4.79 Å². The largest absolute Gasteiger partial charge is 0.422 e. The van der Waals surface area contributed by atoms with Crippen molar-refractivity contribution in [2.75, 3.05) is 11.9 Å². The fourth-order valence-electron chi connectivity index (χ4n) is 2.74. The molecule has 9 heteroatoms. The van der Waals surface area contributed by atoms with Gasteiger partial charge in [0, 0.05) is 17.1 Å². The predicted molar refractivity (Wildman–Crippen MR) is 85.3 cm³/mol. The smallest absolute Gasteiger partial charge is 0.346 e. The molecule has 3 rings (SSSR count). The predicted octanol–water partition coefficient (Wildman–Crippen LogP) is -1.18. The molecule has 1 aliphatic rings. The van der Waals surface area contributed by atoms with Gasteiger partial charge >= 0.3 is 5.63 Å². The Hall–Kier alpha value is -2.30. The van der Waals surface area contributed by atoms with E-state index >= 15 is 0 Å². The monoisotopic (exact) mass is 351 g/mol. The highest BCUT2D eigenvalue weighted by Crippen LogP contribution is 2.25. The quantitative estimate of drug-likeness (QED) is 0.339. The molecular formula is C16H17NO8. The van der Waals surface area contributed by atoms with Gasteiger partial charge < -0.3 is 34.9 Å². The van der Waals surface area contributed by atoms with Crippen molar-refractivity contribution in [1.82, 2.24) is 0 Å². The molecule has 0 spiro atoms. The van der Waals surface area contributed by atoms with E-state index in [2.05, 4.69) is 5.32 Å². The normalized spacial score (nSPS) is 29.5. The van der Waals surface area contributed by atoms with Crippen LogP contribution in [0.2, 0.25) is 0 Å². The topological polar surface area (TPSA) is 149 Å². The second-order valence-electron chi connectivity index (χ2n) is 5.76. The standard InChI is InChI=1S/C16H17NO8/c18-5-8-3-7-1-2-9(4-10(7)24-15(8)22)17-12-14(21)13(20)11(6-19)25-16(12)23/h1-5,11-14,16-17,19-21,23H,6H2/t11?,12?,13-,14-,16-/m0/s1. The van der Waals surface area contributed by atoms with Crippen molar-refractivity contribution in [3.63, 3.8) is 0 Å². The Labute approximate surface area is 141 Å². The number of hydrogen-bond donors (Lipinski definition) is 5. The molecule has 25 heavy (non-hydrogen) atoms. The van der Waals surface area contributed by atoms with Crippen LogP contribution in [-0.4, -0.2) is 64.0 Å². The van der Waals surface area contributed by atoms with E-state index in [1.165, 1.54) is 12.1 Å². The average molecular weight is 351 g/mol. The van der Waals surface area contributed by atoms with Crippen LogP contribution in [0.25, 0.3) is 11.0 Å². The number of fused-ring (bicyclic) bond motifs is 1. The Morgan fingerprint density at radius 2 is 1.92 bits per heavy atom. The molecule has 0 saturated carbocycles. The molecule has 0 amide bonds. The number of aliphatic hydroxyl groups is 4. The van der Waals surface area contributed by atoms with E-state index in [1.54, 1.807) is 12.1 Å². The summed E-state index contributed by atoms with van der Waals surface area (Å²) < 4.78 is 10.1. The first kappa shape index (κ1) is 17.5.